The van der Waals surface area contributed by atoms with Crippen molar-refractivity contribution in [2.45, 2.75) is 67.6 Å². The molecule has 8 nitrogen and oxygen atoms in total. The Morgan fingerprint density at radius 3 is 2.57 bits per heavy atom. The Kier molecular flexibility index (Phi) is 6.59. The second kappa shape index (κ2) is 9.70. The second-order valence-electron chi connectivity index (χ2n) is 9.82. The molecule has 6 rings (SSSR count). The van der Waals surface area contributed by atoms with Gasteiger partial charge in [0.1, 0.15) is 29.7 Å². The Morgan fingerprint density at radius 2 is 1.83 bits per heavy atom. The van der Waals surface area contributed by atoms with E-state index in [0.29, 0.717) is 34.3 Å². The summed E-state index contributed by atoms with van der Waals surface area (Å²) in [6.07, 6.45) is 4.03. The summed E-state index contributed by atoms with van der Waals surface area (Å²) in [7, 11) is 0. The van der Waals surface area contributed by atoms with Gasteiger partial charge in [0.2, 0.25) is 6.35 Å². The van der Waals surface area contributed by atoms with Gasteiger partial charge in [-0.05, 0) is 43.2 Å². The Labute approximate surface area is 212 Å². The summed E-state index contributed by atoms with van der Waals surface area (Å²) in [6.45, 7) is 0.632. The first-order valence-corrected chi connectivity index (χ1v) is 14.2. The lowest BCUT2D eigenvalue weighted by molar-refractivity contribution is -0.0543. The maximum Gasteiger partial charge on any atom is 0.207 e. The molecule has 1 aliphatic carbocycles. The highest BCUT2D eigenvalue weighted by Crippen LogP contribution is 2.39. The molecule has 0 bridgehead atoms. The number of hydrogen-bond donors (Lipinski definition) is 3. The average Bonchev–Trinajstić information content (AvgIpc) is 3.55. The zero-order valence-corrected chi connectivity index (χ0v) is 21.1. The summed E-state index contributed by atoms with van der Waals surface area (Å²) in [4.78, 5) is 4.78. The molecule has 1 aromatic carbocycles. The Hall–Kier alpha value is -1.59. The van der Waals surface area contributed by atoms with Crippen molar-refractivity contribution >= 4 is 34.3 Å². The van der Waals surface area contributed by atoms with Crippen molar-refractivity contribution in [3.8, 4) is 11.3 Å². The zero-order valence-electron chi connectivity index (χ0n) is 19.5. The van der Waals surface area contributed by atoms with Crippen LogP contribution in [0.1, 0.15) is 37.2 Å². The molecule has 4 heterocycles. The number of aliphatic hydroxyl groups is 1. The summed E-state index contributed by atoms with van der Waals surface area (Å²) in [5.74, 6) is 1.19. The molecule has 4 aliphatic rings. The Bertz CT molecular complexity index is 1070. The molecule has 0 amide bonds. The maximum atomic E-state index is 11.8. The number of anilines is 2. The van der Waals surface area contributed by atoms with Crippen molar-refractivity contribution < 1.29 is 23.9 Å². The fourth-order valence-corrected chi connectivity index (χ4v) is 6.85. The van der Waals surface area contributed by atoms with E-state index >= 15 is 0 Å². The minimum Gasteiger partial charge on any atom is -0.616 e. The number of nitrogens with one attached hydrogen (secondary N) is 2. The lowest BCUT2D eigenvalue weighted by Gasteiger charge is -2.28. The third-order valence-corrected chi connectivity index (χ3v) is 9.32. The van der Waals surface area contributed by atoms with Crippen LogP contribution in [0.4, 0.5) is 11.5 Å². The zero-order chi connectivity index (χ0) is 24.1. The molecule has 3 fully saturated rings. The minimum absolute atomic E-state index is 0.265. The number of halogens is 1. The van der Waals surface area contributed by atoms with Gasteiger partial charge in [-0.3, -0.25) is 0 Å². The van der Waals surface area contributed by atoms with Crippen molar-refractivity contribution in [3.63, 3.8) is 0 Å². The SMILES string of the molecule is C[S+]([O-])C1CCC(c2ccc(-c3nc4c(cc3Cl)NC(O[C@@H]3CO[C@@H]5C(O)CO[C@@H]53)N4)cc2)CC1. The number of benzene rings is 1. The Morgan fingerprint density at radius 1 is 1.09 bits per heavy atom. The number of rotatable bonds is 5. The normalized spacial score (nSPS) is 34.7. The molecule has 188 valence electrons. The van der Waals surface area contributed by atoms with Crippen molar-refractivity contribution in [3.05, 3.63) is 40.9 Å². The van der Waals surface area contributed by atoms with Crippen LogP contribution in [0, 0.1) is 0 Å². The van der Waals surface area contributed by atoms with E-state index in [-0.39, 0.29) is 24.9 Å². The van der Waals surface area contributed by atoms with Gasteiger partial charge in [-0.15, -0.1) is 0 Å². The van der Waals surface area contributed by atoms with E-state index in [1.165, 1.54) is 5.56 Å². The van der Waals surface area contributed by atoms with E-state index < -0.39 is 23.6 Å². The van der Waals surface area contributed by atoms with Crippen LogP contribution in [0.25, 0.3) is 11.3 Å². The first-order chi connectivity index (χ1) is 17.0. The van der Waals surface area contributed by atoms with Gasteiger partial charge in [0.05, 0.1) is 35.9 Å². The van der Waals surface area contributed by atoms with Gasteiger partial charge in [0, 0.05) is 5.56 Å². The van der Waals surface area contributed by atoms with Crippen molar-refractivity contribution in [2.75, 3.05) is 30.1 Å². The highest BCUT2D eigenvalue weighted by molar-refractivity contribution is 7.91. The molecule has 2 aromatic rings. The number of aromatic nitrogens is 1. The van der Waals surface area contributed by atoms with Gasteiger partial charge in [0.25, 0.3) is 0 Å². The quantitative estimate of drug-likeness (QED) is 0.515. The van der Waals surface area contributed by atoms with Gasteiger partial charge in [-0.2, -0.15) is 0 Å². The number of aliphatic hydroxyl groups excluding tert-OH is 1. The number of nitrogens with zero attached hydrogens (tertiary/aromatic N) is 1. The van der Waals surface area contributed by atoms with Gasteiger partial charge < -0.3 is 34.5 Å². The molecular formula is C25H30ClN3O5S. The predicted octanol–water partition coefficient (Wildman–Crippen LogP) is 3.47. The first-order valence-electron chi connectivity index (χ1n) is 12.2. The molecular weight excluding hydrogens is 490 g/mol. The van der Waals surface area contributed by atoms with Crippen LogP contribution in [0.5, 0.6) is 0 Å². The van der Waals surface area contributed by atoms with E-state index in [0.717, 1.165) is 36.9 Å². The van der Waals surface area contributed by atoms with Crippen LogP contribution >= 0.6 is 11.6 Å². The van der Waals surface area contributed by atoms with Gasteiger partial charge in [-0.25, -0.2) is 4.98 Å². The second-order valence-corrected chi connectivity index (χ2v) is 11.9. The minimum atomic E-state index is -0.727. The highest BCUT2D eigenvalue weighted by atomic mass is 35.5. The van der Waals surface area contributed by atoms with Crippen LogP contribution < -0.4 is 10.6 Å². The number of pyridine rings is 1. The predicted molar refractivity (Wildman–Crippen MR) is 135 cm³/mol. The molecule has 0 spiro atoms. The van der Waals surface area contributed by atoms with E-state index in [4.69, 9.17) is 30.8 Å². The third kappa shape index (κ3) is 4.64. The summed E-state index contributed by atoms with van der Waals surface area (Å²) in [5, 5.41) is 17.4. The van der Waals surface area contributed by atoms with Crippen LogP contribution in [0.15, 0.2) is 30.3 Å². The number of fused-ring (bicyclic) bond motifs is 2. The van der Waals surface area contributed by atoms with Gasteiger partial charge >= 0.3 is 0 Å². The van der Waals surface area contributed by atoms with Crippen molar-refractivity contribution in [2.24, 2.45) is 0 Å². The highest BCUT2D eigenvalue weighted by Gasteiger charge is 2.48. The molecule has 3 N–H and O–H groups in total. The van der Waals surface area contributed by atoms with Crippen LogP contribution in [0.3, 0.4) is 0 Å². The number of hydrogen-bond acceptors (Lipinski definition) is 8. The third-order valence-electron chi connectivity index (χ3n) is 7.62. The van der Waals surface area contributed by atoms with Crippen molar-refractivity contribution in [1.82, 2.24) is 4.98 Å². The van der Waals surface area contributed by atoms with E-state index in [2.05, 4.69) is 34.9 Å². The molecule has 2 saturated heterocycles. The smallest absolute Gasteiger partial charge is 0.207 e. The molecule has 0 radical (unpaired) electrons. The first kappa shape index (κ1) is 23.8. The lowest BCUT2D eigenvalue weighted by atomic mass is 9.83. The number of ether oxygens (including phenoxy) is 3. The molecule has 1 aromatic heterocycles. The molecule has 35 heavy (non-hydrogen) atoms. The van der Waals surface area contributed by atoms with E-state index in [9.17, 15) is 9.66 Å². The molecule has 10 heteroatoms. The molecule has 3 aliphatic heterocycles. The monoisotopic (exact) mass is 519 g/mol. The largest absolute Gasteiger partial charge is 0.616 e. The molecule has 6 atom stereocenters. The summed E-state index contributed by atoms with van der Waals surface area (Å²) in [5.41, 5.74) is 3.75. The van der Waals surface area contributed by atoms with E-state index in [1.54, 1.807) is 0 Å². The lowest BCUT2D eigenvalue weighted by Crippen LogP contribution is -2.39. The fraction of sp³-hybridized carbons (Fsp3) is 0.560. The molecule has 3 unspecified atom stereocenters. The molecule has 1 saturated carbocycles. The van der Waals surface area contributed by atoms with Crippen molar-refractivity contribution in [1.29, 1.82) is 0 Å². The van der Waals surface area contributed by atoms with E-state index in [1.807, 2.05) is 12.3 Å². The summed E-state index contributed by atoms with van der Waals surface area (Å²) >= 11 is 5.89. The van der Waals surface area contributed by atoms with Gasteiger partial charge in [0.15, 0.2) is 5.82 Å². The summed E-state index contributed by atoms with van der Waals surface area (Å²) < 4.78 is 29.2. The topological polar surface area (TPSA) is 108 Å². The van der Waals surface area contributed by atoms with Crippen LogP contribution in [0.2, 0.25) is 5.02 Å². The van der Waals surface area contributed by atoms with Crippen LogP contribution in [-0.2, 0) is 25.4 Å². The van der Waals surface area contributed by atoms with Gasteiger partial charge in [-0.1, -0.05) is 47.0 Å². The standard InChI is InChI=1S/C25H30ClN3O5S/c1-35(31)16-8-6-14(7-9-16)13-2-4-15(5-3-13)21-17(26)10-18-24(28-21)29-25(27-18)34-20-12-33-22-19(30)11-32-23(20)22/h2-5,10,14,16,19-20,22-23,25,27,30H,6-9,11-12H2,1H3,(H,28,29)/t14?,16?,19?,20-,22-,23-,25?,35?/m1/s1. The maximum absolute atomic E-state index is 11.8. The fourth-order valence-electron chi connectivity index (χ4n) is 5.66. The van der Waals surface area contributed by atoms with Crippen LogP contribution in [-0.4, -0.2) is 70.1 Å². The summed E-state index contributed by atoms with van der Waals surface area (Å²) in [6, 6.07) is 10.3. The average molecular weight is 520 g/mol. The Balaban J connectivity index is 1.12.